The zero-order valence-corrected chi connectivity index (χ0v) is 20.4. The van der Waals surface area contributed by atoms with Crippen molar-refractivity contribution in [2.45, 2.75) is 69.1 Å². The van der Waals surface area contributed by atoms with E-state index in [0.717, 1.165) is 25.1 Å². The zero-order chi connectivity index (χ0) is 23.1. The Hall–Kier alpha value is -1.62. The van der Waals surface area contributed by atoms with E-state index in [9.17, 15) is 8.42 Å². The van der Waals surface area contributed by atoms with Crippen molar-refractivity contribution in [1.82, 2.24) is 24.7 Å². The van der Waals surface area contributed by atoms with Crippen molar-refractivity contribution in [2.24, 2.45) is 5.41 Å². The van der Waals surface area contributed by atoms with Crippen molar-refractivity contribution in [1.29, 1.82) is 0 Å². The number of sulfone groups is 1. The molecule has 1 saturated heterocycles. The highest BCUT2D eigenvalue weighted by atomic mass is 35.5. The quantitative estimate of drug-likeness (QED) is 0.562. The molecule has 11 heteroatoms. The first kappa shape index (κ1) is 23.5. The second-order valence-electron chi connectivity index (χ2n) is 9.36. The highest BCUT2D eigenvalue weighted by Gasteiger charge is 2.50. The number of hydrogen-bond donors (Lipinski definition) is 0. The standard InChI is InChI=1S/C21H30ClN5O4S/c1-13(18(30-4)19-23-10-14(22)11-24-19)32(28,29)12-17-25-26-20(16-9-21(16,2)3)27(17)15-5-7-31-8-6-15/h10-11,13,15-16,18H,5-9,12H2,1-4H3/t13-,16+,18-/m0/s1. The van der Waals surface area contributed by atoms with Gasteiger partial charge in [-0.25, -0.2) is 18.4 Å². The van der Waals surface area contributed by atoms with E-state index in [2.05, 4.69) is 38.6 Å². The average molecular weight is 484 g/mol. The molecule has 1 aliphatic carbocycles. The first-order valence-corrected chi connectivity index (χ1v) is 13.0. The Morgan fingerprint density at radius 1 is 1.25 bits per heavy atom. The topological polar surface area (TPSA) is 109 Å². The lowest BCUT2D eigenvalue weighted by Crippen LogP contribution is -2.31. The summed E-state index contributed by atoms with van der Waals surface area (Å²) in [7, 11) is -2.21. The molecule has 1 saturated carbocycles. The molecule has 0 aromatic carbocycles. The monoisotopic (exact) mass is 483 g/mol. The van der Waals surface area contributed by atoms with E-state index in [4.69, 9.17) is 21.1 Å². The Balaban J connectivity index is 1.62. The number of halogens is 1. The molecule has 3 heterocycles. The Kier molecular flexibility index (Phi) is 6.59. The van der Waals surface area contributed by atoms with E-state index in [0.29, 0.717) is 30.0 Å². The van der Waals surface area contributed by atoms with Crippen LogP contribution >= 0.6 is 11.6 Å². The van der Waals surface area contributed by atoms with Crippen LogP contribution in [0.15, 0.2) is 12.4 Å². The number of aromatic nitrogens is 5. The molecule has 32 heavy (non-hydrogen) atoms. The van der Waals surface area contributed by atoms with Crippen LogP contribution in [0, 0.1) is 5.41 Å². The minimum Gasteiger partial charge on any atom is -0.381 e. The van der Waals surface area contributed by atoms with Crippen LogP contribution in [0.25, 0.3) is 0 Å². The molecule has 176 valence electrons. The Labute approximate surface area is 193 Å². The van der Waals surface area contributed by atoms with E-state index < -0.39 is 21.2 Å². The molecular formula is C21H30ClN5O4S. The summed E-state index contributed by atoms with van der Waals surface area (Å²) in [5.74, 6) is 1.72. The van der Waals surface area contributed by atoms with Crippen LogP contribution in [-0.4, -0.2) is 58.7 Å². The Bertz CT molecular complexity index is 1050. The van der Waals surface area contributed by atoms with Crippen LogP contribution in [-0.2, 0) is 25.1 Å². The highest BCUT2D eigenvalue weighted by Crippen LogP contribution is 2.58. The SMILES string of the molecule is CO[C@H](c1ncc(Cl)cn1)[C@H](C)S(=O)(=O)Cc1nnc([C@H]2CC2(C)C)n1C1CCOCC1. The number of rotatable bonds is 8. The summed E-state index contributed by atoms with van der Waals surface area (Å²) in [6.45, 7) is 7.32. The summed E-state index contributed by atoms with van der Waals surface area (Å²) in [5, 5.41) is 8.32. The second kappa shape index (κ2) is 8.96. The van der Waals surface area contributed by atoms with Crippen LogP contribution in [0.3, 0.4) is 0 Å². The molecule has 0 unspecified atom stereocenters. The normalized spacial score (nSPS) is 23.1. The van der Waals surface area contributed by atoms with Crippen LogP contribution in [0.4, 0.5) is 0 Å². The van der Waals surface area contributed by atoms with E-state index in [1.165, 1.54) is 19.5 Å². The predicted molar refractivity (Wildman–Crippen MR) is 119 cm³/mol. The third kappa shape index (κ3) is 4.69. The molecule has 2 fully saturated rings. The molecule has 0 radical (unpaired) electrons. The van der Waals surface area contributed by atoms with Gasteiger partial charge in [-0.15, -0.1) is 10.2 Å². The fourth-order valence-electron chi connectivity index (χ4n) is 4.40. The molecule has 0 N–H and O–H groups in total. The number of ether oxygens (including phenoxy) is 2. The van der Waals surface area contributed by atoms with Gasteiger partial charge in [-0.1, -0.05) is 25.4 Å². The van der Waals surface area contributed by atoms with Gasteiger partial charge in [-0.05, 0) is 31.6 Å². The first-order chi connectivity index (χ1) is 15.1. The third-order valence-electron chi connectivity index (χ3n) is 6.65. The summed E-state index contributed by atoms with van der Waals surface area (Å²) < 4.78 is 39.9. The lowest BCUT2D eigenvalue weighted by Gasteiger charge is -2.27. The van der Waals surface area contributed by atoms with Gasteiger partial charge in [0.05, 0.1) is 10.3 Å². The number of nitrogens with zero attached hydrogens (tertiary/aromatic N) is 5. The third-order valence-corrected chi connectivity index (χ3v) is 8.88. The zero-order valence-electron chi connectivity index (χ0n) is 18.9. The molecule has 0 bridgehead atoms. The predicted octanol–water partition coefficient (Wildman–Crippen LogP) is 3.28. The van der Waals surface area contributed by atoms with Gasteiger partial charge in [0.25, 0.3) is 0 Å². The van der Waals surface area contributed by atoms with Crippen molar-refractivity contribution in [3.63, 3.8) is 0 Å². The lowest BCUT2D eigenvalue weighted by molar-refractivity contribution is 0.0680. The van der Waals surface area contributed by atoms with Gasteiger partial charge >= 0.3 is 0 Å². The fraction of sp³-hybridized carbons (Fsp3) is 0.714. The van der Waals surface area contributed by atoms with Gasteiger partial charge < -0.3 is 14.0 Å². The highest BCUT2D eigenvalue weighted by molar-refractivity contribution is 7.91. The summed E-state index contributed by atoms with van der Waals surface area (Å²) >= 11 is 5.87. The molecule has 2 aromatic heterocycles. The number of hydrogen-bond acceptors (Lipinski definition) is 8. The van der Waals surface area contributed by atoms with Gasteiger partial charge in [-0.3, -0.25) is 0 Å². The summed E-state index contributed by atoms with van der Waals surface area (Å²) in [6, 6.07) is 0.142. The molecule has 0 amide bonds. The smallest absolute Gasteiger partial charge is 0.163 e. The molecule has 3 atom stereocenters. The van der Waals surface area contributed by atoms with Crippen molar-refractivity contribution in [3.8, 4) is 0 Å². The molecule has 2 aromatic rings. The minimum atomic E-state index is -3.66. The van der Waals surface area contributed by atoms with Crippen molar-refractivity contribution >= 4 is 21.4 Å². The van der Waals surface area contributed by atoms with Gasteiger partial charge in [0.15, 0.2) is 15.7 Å². The van der Waals surface area contributed by atoms with Gasteiger partial charge in [0, 0.05) is 44.7 Å². The van der Waals surface area contributed by atoms with Gasteiger partial charge in [0.2, 0.25) is 0 Å². The molecule has 4 rings (SSSR count). The molecular weight excluding hydrogens is 454 g/mol. The molecule has 1 aliphatic heterocycles. The maximum atomic E-state index is 13.4. The van der Waals surface area contributed by atoms with Gasteiger partial charge in [0.1, 0.15) is 23.5 Å². The van der Waals surface area contributed by atoms with Gasteiger partial charge in [-0.2, -0.15) is 0 Å². The number of methoxy groups -OCH3 is 1. The van der Waals surface area contributed by atoms with Crippen molar-refractivity contribution in [3.05, 3.63) is 34.9 Å². The van der Waals surface area contributed by atoms with E-state index in [1.54, 1.807) is 6.92 Å². The van der Waals surface area contributed by atoms with Crippen LogP contribution in [0.1, 0.15) is 75.6 Å². The summed E-state index contributed by atoms with van der Waals surface area (Å²) in [4.78, 5) is 8.31. The van der Waals surface area contributed by atoms with E-state index in [1.807, 2.05) is 0 Å². The average Bonchev–Trinajstić information content (AvgIpc) is 3.21. The fourth-order valence-corrected chi connectivity index (χ4v) is 5.93. The van der Waals surface area contributed by atoms with Crippen molar-refractivity contribution in [2.75, 3.05) is 20.3 Å². The van der Waals surface area contributed by atoms with E-state index >= 15 is 0 Å². The minimum absolute atomic E-state index is 0.142. The largest absolute Gasteiger partial charge is 0.381 e. The Morgan fingerprint density at radius 3 is 2.44 bits per heavy atom. The lowest BCUT2D eigenvalue weighted by atomic mass is 10.1. The first-order valence-electron chi connectivity index (χ1n) is 10.9. The van der Waals surface area contributed by atoms with E-state index in [-0.39, 0.29) is 23.0 Å². The van der Waals surface area contributed by atoms with Crippen LogP contribution < -0.4 is 0 Å². The van der Waals surface area contributed by atoms with Crippen molar-refractivity contribution < 1.29 is 17.9 Å². The van der Waals surface area contributed by atoms with Crippen LogP contribution in [0.5, 0.6) is 0 Å². The maximum absolute atomic E-state index is 13.4. The second-order valence-corrected chi connectivity index (χ2v) is 12.2. The molecule has 0 spiro atoms. The molecule has 2 aliphatic rings. The summed E-state index contributed by atoms with van der Waals surface area (Å²) in [6.07, 6.45) is 4.71. The Morgan fingerprint density at radius 2 is 1.88 bits per heavy atom. The maximum Gasteiger partial charge on any atom is 0.163 e. The molecule has 9 nitrogen and oxygen atoms in total. The summed E-state index contributed by atoms with van der Waals surface area (Å²) in [5.41, 5.74) is 0.159. The van der Waals surface area contributed by atoms with Crippen LogP contribution in [0.2, 0.25) is 5.02 Å².